The summed E-state index contributed by atoms with van der Waals surface area (Å²) in [5.74, 6) is 0.600. The number of amides is 2. The second-order valence-electron chi connectivity index (χ2n) is 7.60. The number of hydrogen-bond donors (Lipinski definition) is 2. The smallest absolute Gasteiger partial charge is 0.418 e. The van der Waals surface area contributed by atoms with Gasteiger partial charge in [-0.15, -0.1) is 0 Å². The fraction of sp³-hybridized carbons (Fsp3) is 0.250. The molecule has 0 bridgehead atoms. The zero-order chi connectivity index (χ0) is 25.8. The van der Waals surface area contributed by atoms with Gasteiger partial charge in [-0.05, 0) is 54.4 Å². The van der Waals surface area contributed by atoms with Crippen LogP contribution in [0.4, 0.5) is 31.1 Å². The molecule has 2 amide bonds. The Balaban J connectivity index is 1.92. The van der Waals surface area contributed by atoms with E-state index in [1.165, 1.54) is 7.11 Å². The molecule has 2 aromatic carbocycles. The van der Waals surface area contributed by atoms with Crippen molar-refractivity contribution >= 4 is 6.03 Å². The van der Waals surface area contributed by atoms with E-state index in [0.29, 0.717) is 11.3 Å². The van der Waals surface area contributed by atoms with Crippen LogP contribution >= 0.6 is 0 Å². The van der Waals surface area contributed by atoms with Crippen molar-refractivity contribution in [3.8, 4) is 5.75 Å². The summed E-state index contributed by atoms with van der Waals surface area (Å²) >= 11 is 0. The number of rotatable bonds is 6. The number of carbonyl (C=O) groups excluding carboxylic acids is 1. The molecule has 0 aliphatic heterocycles. The minimum absolute atomic E-state index is 0.00514. The van der Waals surface area contributed by atoms with E-state index in [2.05, 4.69) is 15.6 Å². The molecule has 3 rings (SSSR count). The van der Waals surface area contributed by atoms with Crippen LogP contribution in [0.2, 0.25) is 0 Å². The normalized spacial score (nSPS) is 13.6. The topological polar surface area (TPSA) is 63.2 Å². The third kappa shape index (κ3) is 6.43. The molecular weight excluding hydrogens is 476 g/mol. The maximum absolute atomic E-state index is 13.6. The number of hydrogen-bond acceptors (Lipinski definition) is 3. The monoisotopic (exact) mass is 497 g/mol. The minimum atomic E-state index is -4.80. The van der Waals surface area contributed by atoms with Crippen molar-refractivity contribution in [1.29, 1.82) is 0 Å². The molecule has 35 heavy (non-hydrogen) atoms. The highest BCUT2D eigenvalue weighted by atomic mass is 19.4. The number of halogens is 6. The van der Waals surface area contributed by atoms with E-state index in [-0.39, 0.29) is 5.56 Å². The third-order valence-corrected chi connectivity index (χ3v) is 5.23. The Labute approximate surface area is 197 Å². The van der Waals surface area contributed by atoms with Crippen molar-refractivity contribution < 1.29 is 35.9 Å². The lowest BCUT2D eigenvalue weighted by Gasteiger charge is -2.24. The molecule has 3 aromatic rings. The molecule has 5 nitrogen and oxygen atoms in total. The first kappa shape index (κ1) is 25.9. The number of methoxy groups -OCH3 is 1. The summed E-state index contributed by atoms with van der Waals surface area (Å²) in [7, 11) is 1.50. The van der Waals surface area contributed by atoms with Gasteiger partial charge in [0, 0.05) is 6.20 Å². The number of pyridine rings is 1. The first-order chi connectivity index (χ1) is 16.4. The summed E-state index contributed by atoms with van der Waals surface area (Å²) < 4.78 is 85.0. The third-order valence-electron chi connectivity index (χ3n) is 5.23. The summed E-state index contributed by atoms with van der Waals surface area (Å²) in [6.45, 7) is 1.66. The fourth-order valence-corrected chi connectivity index (χ4v) is 3.41. The zero-order valence-corrected chi connectivity index (χ0v) is 18.5. The molecule has 0 saturated carbocycles. The highest BCUT2D eigenvalue weighted by Crippen LogP contribution is 2.36. The second-order valence-corrected chi connectivity index (χ2v) is 7.60. The van der Waals surface area contributed by atoms with Crippen LogP contribution < -0.4 is 15.4 Å². The predicted octanol–water partition coefficient (Wildman–Crippen LogP) is 6.28. The molecule has 0 saturated heterocycles. The van der Waals surface area contributed by atoms with E-state index in [1.54, 1.807) is 31.2 Å². The van der Waals surface area contributed by atoms with Gasteiger partial charge in [0.2, 0.25) is 0 Å². The summed E-state index contributed by atoms with van der Waals surface area (Å²) in [6.07, 6.45) is -8.32. The van der Waals surface area contributed by atoms with Gasteiger partial charge in [-0.2, -0.15) is 26.3 Å². The van der Waals surface area contributed by atoms with Crippen molar-refractivity contribution in [3.63, 3.8) is 0 Å². The largest absolute Gasteiger partial charge is 0.497 e. The fourth-order valence-electron chi connectivity index (χ4n) is 3.41. The molecule has 1 heterocycles. The average Bonchev–Trinajstić information content (AvgIpc) is 2.81. The molecule has 0 fully saturated rings. The summed E-state index contributed by atoms with van der Waals surface area (Å²) in [4.78, 5) is 16.6. The Hall–Kier alpha value is -3.76. The van der Waals surface area contributed by atoms with Gasteiger partial charge >= 0.3 is 18.4 Å². The number of alkyl halides is 6. The minimum Gasteiger partial charge on any atom is -0.497 e. The van der Waals surface area contributed by atoms with Gasteiger partial charge in [0.25, 0.3) is 0 Å². The lowest BCUT2D eigenvalue weighted by molar-refractivity contribution is -0.139. The Bertz CT molecular complexity index is 1150. The van der Waals surface area contributed by atoms with Gasteiger partial charge in [0.1, 0.15) is 5.75 Å². The second kappa shape index (κ2) is 10.2. The number of benzene rings is 2. The highest BCUT2D eigenvalue weighted by molar-refractivity contribution is 5.75. The number of ether oxygens (including phenoxy) is 1. The molecule has 0 spiro atoms. The van der Waals surface area contributed by atoms with E-state index in [4.69, 9.17) is 4.74 Å². The molecule has 0 unspecified atom stereocenters. The standard InChI is InChI=1S/C24H21F6N3O2/c1-14(15-7-11-18(35-2)12-8-15)32-22(34)33-20(16-5-9-17(10-6-16)23(25,26)27)21-19(24(28,29)30)4-3-13-31-21/h3-14,20H,1-2H3,(H2,32,33,34)/t14-,20+/m1/s1. The predicted molar refractivity (Wildman–Crippen MR) is 116 cm³/mol. The van der Waals surface area contributed by atoms with Crippen molar-refractivity contribution in [1.82, 2.24) is 15.6 Å². The lowest BCUT2D eigenvalue weighted by Crippen LogP contribution is -2.40. The summed E-state index contributed by atoms with van der Waals surface area (Å²) in [6, 6.07) is 9.28. The van der Waals surface area contributed by atoms with E-state index in [1.807, 2.05) is 0 Å². The van der Waals surface area contributed by atoms with E-state index >= 15 is 0 Å². The van der Waals surface area contributed by atoms with Gasteiger partial charge in [0.15, 0.2) is 0 Å². The SMILES string of the molecule is COc1ccc([C@@H](C)NC(=O)N[C@@H](c2ccc(C(F)(F)F)cc2)c2ncccc2C(F)(F)F)cc1. The summed E-state index contributed by atoms with van der Waals surface area (Å²) in [5, 5.41) is 5.04. The quantitative estimate of drug-likeness (QED) is 0.394. The maximum Gasteiger partial charge on any atom is 0.418 e. The van der Waals surface area contributed by atoms with Gasteiger partial charge in [0.05, 0.1) is 36.0 Å². The van der Waals surface area contributed by atoms with Crippen LogP contribution in [0.25, 0.3) is 0 Å². The van der Waals surface area contributed by atoms with Crippen LogP contribution in [0.15, 0.2) is 66.9 Å². The van der Waals surface area contributed by atoms with Crippen LogP contribution in [0.3, 0.4) is 0 Å². The van der Waals surface area contributed by atoms with E-state index in [0.717, 1.165) is 42.6 Å². The molecule has 2 atom stereocenters. The van der Waals surface area contributed by atoms with Crippen LogP contribution in [-0.2, 0) is 12.4 Å². The van der Waals surface area contributed by atoms with Crippen LogP contribution in [0.5, 0.6) is 5.75 Å². The molecule has 1 aromatic heterocycles. The molecule has 0 radical (unpaired) electrons. The molecule has 0 aliphatic rings. The molecule has 11 heteroatoms. The van der Waals surface area contributed by atoms with Crippen molar-refractivity contribution in [2.45, 2.75) is 31.4 Å². The van der Waals surface area contributed by atoms with Crippen molar-refractivity contribution in [2.75, 3.05) is 7.11 Å². The van der Waals surface area contributed by atoms with Crippen LogP contribution in [-0.4, -0.2) is 18.1 Å². The Morgan fingerprint density at radius 2 is 1.46 bits per heavy atom. The Kier molecular flexibility index (Phi) is 7.57. The van der Waals surface area contributed by atoms with Gasteiger partial charge in [-0.3, -0.25) is 4.98 Å². The van der Waals surface area contributed by atoms with Crippen LogP contribution in [0.1, 0.15) is 47.0 Å². The zero-order valence-electron chi connectivity index (χ0n) is 18.5. The van der Waals surface area contributed by atoms with Crippen molar-refractivity contribution in [2.24, 2.45) is 0 Å². The van der Waals surface area contributed by atoms with Crippen molar-refractivity contribution in [3.05, 3.63) is 94.8 Å². The highest BCUT2D eigenvalue weighted by Gasteiger charge is 2.37. The number of nitrogens with one attached hydrogen (secondary N) is 2. The molecule has 186 valence electrons. The Morgan fingerprint density at radius 1 is 0.857 bits per heavy atom. The number of aromatic nitrogens is 1. The van der Waals surface area contributed by atoms with Gasteiger partial charge in [-0.25, -0.2) is 4.79 Å². The molecule has 2 N–H and O–H groups in total. The van der Waals surface area contributed by atoms with Crippen LogP contribution in [0, 0.1) is 0 Å². The number of nitrogens with zero attached hydrogens (tertiary/aromatic N) is 1. The molecule has 0 aliphatic carbocycles. The average molecular weight is 497 g/mol. The maximum atomic E-state index is 13.6. The lowest BCUT2D eigenvalue weighted by atomic mass is 9.98. The first-order valence-corrected chi connectivity index (χ1v) is 10.3. The first-order valence-electron chi connectivity index (χ1n) is 10.3. The van der Waals surface area contributed by atoms with Gasteiger partial charge < -0.3 is 15.4 Å². The van der Waals surface area contributed by atoms with E-state index in [9.17, 15) is 31.1 Å². The Morgan fingerprint density at radius 3 is 2.00 bits per heavy atom. The van der Waals surface area contributed by atoms with E-state index < -0.39 is 47.3 Å². The van der Waals surface area contributed by atoms with Gasteiger partial charge in [-0.1, -0.05) is 24.3 Å². The number of carbonyl (C=O) groups is 1. The molecular formula is C24H21F6N3O2. The summed E-state index contributed by atoms with van der Waals surface area (Å²) in [5.41, 5.74) is -1.95. The number of urea groups is 1.